The summed E-state index contributed by atoms with van der Waals surface area (Å²) in [5.74, 6) is -1.21. The molecule has 0 saturated heterocycles. The molecule has 1 N–H and O–H groups in total. The highest BCUT2D eigenvalue weighted by atomic mass is 35.5. The van der Waals surface area contributed by atoms with E-state index < -0.39 is 28.7 Å². The molecule has 3 aromatic rings. The van der Waals surface area contributed by atoms with Gasteiger partial charge in [-0.2, -0.15) is 9.78 Å². The van der Waals surface area contributed by atoms with E-state index in [-0.39, 0.29) is 18.8 Å². The summed E-state index contributed by atoms with van der Waals surface area (Å²) in [7, 11) is 3.69. The zero-order valence-electron chi connectivity index (χ0n) is 17.0. The summed E-state index contributed by atoms with van der Waals surface area (Å²) in [6.07, 6.45) is 0. The second kappa shape index (κ2) is 9.67. The third-order valence-corrected chi connectivity index (χ3v) is 4.85. The Morgan fingerprint density at radius 2 is 1.81 bits per heavy atom. The van der Waals surface area contributed by atoms with Crippen LogP contribution in [-0.2, 0) is 6.54 Å². The van der Waals surface area contributed by atoms with Crippen LogP contribution in [0, 0.1) is 5.82 Å². The maximum absolute atomic E-state index is 13.3. The van der Waals surface area contributed by atoms with E-state index in [1.165, 1.54) is 12.1 Å². The minimum absolute atomic E-state index is 0.154. The van der Waals surface area contributed by atoms with Gasteiger partial charge in [-0.15, -0.1) is 0 Å². The Morgan fingerprint density at radius 3 is 2.45 bits per heavy atom. The number of aromatic nitrogens is 3. The van der Waals surface area contributed by atoms with Crippen molar-refractivity contribution in [1.82, 2.24) is 24.6 Å². The third kappa shape index (κ3) is 5.25. The highest BCUT2D eigenvalue weighted by molar-refractivity contribution is 6.31. The van der Waals surface area contributed by atoms with Crippen molar-refractivity contribution in [1.29, 1.82) is 0 Å². The lowest BCUT2D eigenvalue weighted by Gasteiger charge is -2.14. The van der Waals surface area contributed by atoms with Crippen LogP contribution in [0.1, 0.15) is 16.1 Å². The van der Waals surface area contributed by atoms with Crippen LogP contribution in [0.25, 0.3) is 5.69 Å². The van der Waals surface area contributed by atoms with E-state index in [1.807, 2.05) is 19.0 Å². The lowest BCUT2D eigenvalue weighted by molar-refractivity contribution is 0.0941. The van der Waals surface area contributed by atoms with Gasteiger partial charge < -0.3 is 10.2 Å². The van der Waals surface area contributed by atoms with Gasteiger partial charge in [-0.3, -0.25) is 14.2 Å². The van der Waals surface area contributed by atoms with E-state index in [4.69, 9.17) is 11.6 Å². The first-order chi connectivity index (χ1) is 14.8. The van der Waals surface area contributed by atoms with Crippen molar-refractivity contribution in [2.75, 3.05) is 27.2 Å². The fraction of sp³-hybridized carbons (Fsp3) is 0.238. The number of carbonyl (C=O) groups is 1. The number of rotatable bonds is 7. The minimum Gasteiger partial charge on any atom is -0.349 e. The number of halogens is 2. The zero-order valence-corrected chi connectivity index (χ0v) is 17.8. The summed E-state index contributed by atoms with van der Waals surface area (Å²) in [6.45, 7) is 0.684. The molecule has 0 aliphatic rings. The Labute approximate surface area is 182 Å². The zero-order chi connectivity index (χ0) is 22.5. The van der Waals surface area contributed by atoms with Crippen LogP contribution in [0.4, 0.5) is 4.39 Å². The number of hydrogen-bond donors (Lipinski definition) is 1. The molecule has 1 amide bonds. The molecule has 0 aliphatic heterocycles. The lowest BCUT2D eigenvalue weighted by Crippen LogP contribution is -2.46. The second-order valence-corrected chi connectivity index (χ2v) is 7.47. The number of likely N-dealkylation sites (N-methyl/N-ethyl adjacent to an activating group) is 1. The molecule has 1 aromatic heterocycles. The molecule has 0 radical (unpaired) electrons. The van der Waals surface area contributed by atoms with E-state index in [0.717, 1.165) is 21.4 Å². The number of carbonyl (C=O) groups excluding carboxylic acids is 1. The minimum atomic E-state index is -0.842. The van der Waals surface area contributed by atoms with Gasteiger partial charge >= 0.3 is 5.69 Å². The molecule has 0 atom stereocenters. The van der Waals surface area contributed by atoms with Gasteiger partial charge in [0.2, 0.25) is 5.69 Å². The summed E-state index contributed by atoms with van der Waals surface area (Å²) in [4.78, 5) is 40.6. The maximum Gasteiger partial charge on any atom is 0.352 e. The number of nitrogens with one attached hydrogen (secondary N) is 1. The summed E-state index contributed by atoms with van der Waals surface area (Å²) in [6, 6.07) is 11.7. The molecule has 8 nitrogen and oxygen atoms in total. The van der Waals surface area contributed by atoms with Crippen LogP contribution < -0.4 is 16.6 Å². The predicted molar refractivity (Wildman–Crippen MR) is 115 cm³/mol. The molecular formula is C21H21ClFN5O3. The van der Waals surface area contributed by atoms with Crippen molar-refractivity contribution in [3.05, 3.63) is 91.5 Å². The topological polar surface area (TPSA) is 89.2 Å². The quantitative estimate of drug-likeness (QED) is 0.595. The number of nitrogens with zero attached hydrogens (tertiary/aromatic N) is 4. The molecule has 0 saturated carbocycles. The Bertz CT molecular complexity index is 1200. The molecule has 1 heterocycles. The van der Waals surface area contributed by atoms with Gasteiger partial charge in [-0.05, 0) is 50.0 Å². The Balaban J connectivity index is 2.12. The summed E-state index contributed by atoms with van der Waals surface area (Å²) in [5.41, 5.74) is -1.33. The fourth-order valence-corrected chi connectivity index (χ4v) is 3.02. The van der Waals surface area contributed by atoms with Gasteiger partial charge in [-0.25, -0.2) is 9.18 Å². The summed E-state index contributed by atoms with van der Waals surface area (Å²) in [5, 5.41) is 6.98. The molecule has 0 unspecified atom stereocenters. The molecule has 10 heteroatoms. The van der Waals surface area contributed by atoms with Crippen LogP contribution in [0.3, 0.4) is 0 Å². The fourth-order valence-electron chi connectivity index (χ4n) is 2.82. The lowest BCUT2D eigenvalue weighted by atomic mass is 10.2. The van der Waals surface area contributed by atoms with Gasteiger partial charge in [0.15, 0.2) is 0 Å². The van der Waals surface area contributed by atoms with Crippen molar-refractivity contribution in [3.63, 3.8) is 0 Å². The SMILES string of the molecule is CN(C)CCNC(=O)c1nn(-c2ccc(F)cc2)c(=O)n(Cc2ccccc2Cl)c1=O. The van der Waals surface area contributed by atoms with Gasteiger partial charge in [0.1, 0.15) is 5.82 Å². The first-order valence-electron chi connectivity index (χ1n) is 9.44. The van der Waals surface area contributed by atoms with E-state index in [1.54, 1.807) is 24.3 Å². The van der Waals surface area contributed by atoms with Crippen molar-refractivity contribution in [2.24, 2.45) is 0 Å². The van der Waals surface area contributed by atoms with Gasteiger partial charge in [0.25, 0.3) is 11.5 Å². The van der Waals surface area contributed by atoms with E-state index >= 15 is 0 Å². The summed E-state index contributed by atoms with van der Waals surface area (Å²) < 4.78 is 15.1. The average molecular weight is 446 g/mol. The molecular weight excluding hydrogens is 425 g/mol. The number of benzene rings is 2. The van der Waals surface area contributed by atoms with E-state index in [0.29, 0.717) is 17.1 Å². The van der Waals surface area contributed by atoms with E-state index in [2.05, 4.69) is 10.4 Å². The Morgan fingerprint density at radius 1 is 1.13 bits per heavy atom. The first-order valence-corrected chi connectivity index (χ1v) is 9.82. The largest absolute Gasteiger partial charge is 0.352 e. The molecule has 162 valence electrons. The monoisotopic (exact) mass is 445 g/mol. The van der Waals surface area contributed by atoms with Gasteiger partial charge in [0, 0.05) is 18.1 Å². The molecule has 0 fully saturated rings. The third-order valence-electron chi connectivity index (χ3n) is 4.48. The Kier molecular flexibility index (Phi) is 6.98. The molecule has 2 aromatic carbocycles. The first kappa shape index (κ1) is 22.4. The number of amides is 1. The normalized spacial score (nSPS) is 11.0. The molecule has 31 heavy (non-hydrogen) atoms. The van der Waals surface area contributed by atoms with Crippen molar-refractivity contribution >= 4 is 17.5 Å². The molecule has 3 rings (SSSR count). The van der Waals surface area contributed by atoms with Crippen molar-refractivity contribution in [3.8, 4) is 5.69 Å². The predicted octanol–water partition coefficient (Wildman–Crippen LogP) is 1.53. The van der Waals surface area contributed by atoms with Crippen molar-refractivity contribution < 1.29 is 9.18 Å². The van der Waals surface area contributed by atoms with Gasteiger partial charge in [-0.1, -0.05) is 29.8 Å². The van der Waals surface area contributed by atoms with E-state index in [9.17, 15) is 18.8 Å². The Hall–Kier alpha value is -3.30. The van der Waals surface area contributed by atoms with Crippen molar-refractivity contribution in [2.45, 2.75) is 6.54 Å². The highest BCUT2D eigenvalue weighted by Gasteiger charge is 2.21. The number of hydrogen-bond acceptors (Lipinski definition) is 5. The van der Waals surface area contributed by atoms with Crippen LogP contribution in [0.2, 0.25) is 5.02 Å². The van der Waals surface area contributed by atoms with Crippen LogP contribution in [-0.4, -0.2) is 52.3 Å². The highest BCUT2D eigenvalue weighted by Crippen LogP contribution is 2.15. The summed E-state index contributed by atoms with van der Waals surface area (Å²) >= 11 is 6.19. The average Bonchev–Trinajstić information content (AvgIpc) is 2.73. The standard InChI is InChI=1S/C21H21ClFN5O3/c1-26(2)12-11-24-19(29)18-20(30)27(13-14-5-3-4-6-17(14)22)21(31)28(25-18)16-9-7-15(23)8-10-16/h3-10H,11-13H2,1-2H3,(H,24,29). The molecule has 0 aliphatic carbocycles. The van der Waals surface area contributed by atoms with Crippen LogP contribution in [0.5, 0.6) is 0 Å². The second-order valence-electron chi connectivity index (χ2n) is 7.06. The molecule has 0 bridgehead atoms. The maximum atomic E-state index is 13.3. The van der Waals surface area contributed by atoms with Gasteiger partial charge in [0.05, 0.1) is 12.2 Å². The van der Waals surface area contributed by atoms with Crippen LogP contribution >= 0.6 is 11.6 Å². The van der Waals surface area contributed by atoms with Crippen LogP contribution in [0.15, 0.2) is 58.1 Å². The smallest absolute Gasteiger partial charge is 0.349 e. The molecule has 0 spiro atoms.